The number of H-pyrrole nitrogens is 1. The number of ether oxygens (including phenoxy) is 2. The van der Waals surface area contributed by atoms with Gasteiger partial charge in [0.05, 0.1) is 5.92 Å². The summed E-state index contributed by atoms with van der Waals surface area (Å²) in [5.41, 5.74) is 5.54. The fraction of sp³-hybridized carbons (Fsp3) is 0.520. The minimum Gasteiger partial charge on any atom is -0.486 e. The Hall–Kier alpha value is -3.76. The third-order valence-electron chi connectivity index (χ3n) is 6.34. The molecule has 0 aliphatic carbocycles. The molecule has 194 valence electrons. The number of carbonyl (C=O) groups excluding carboxylic acids is 2. The van der Waals surface area contributed by atoms with Gasteiger partial charge in [-0.1, -0.05) is 27.2 Å². The predicted octanol–water partition coefficient (Wildman–Crippen LogP) is 1.73. The molecular weight excluding hydrogens is 466 g/mol. The van der Waals surface area contributed by atoms with Crippen LogP contribution < -0.4 is 36.3 Å². The van der Waals surface area contributed by atoms with Crippen molar-refractivity contribution in [2.24, 2.45) is 11.8 Å². The average Bonchev–Trinajstić information content (AvgIpc) is 3.23. The Bertz CT molecular complexity index is 1270. The lowest BCUT2D eigenvalue weighted by atomic mass is 10.1. The van der Waals surface area contributed by atoms with Gasteiger partial charge in [0.25, 0.3) is 5.56 Å². The molecule has 0 bridgehead atoms. The van der Waals surface area contributed by atoms with E-state index in [0.29, 0.717) is 43.4 Å². The highest BCUT2D eigenvalue weighted by molar-refractivity contribution is 6.05. The maximum Gasteiger partial charge on any atom is 0.330 e. The summed E-state index contributed by atoms with van der Waals surface area (Å²) in [4.78, 5) is 57.1. The molecule has 2 aromatic rings. The van der Waals surface area contributed by atoms with E-state index in [4.69, 9.17) is 15.2 Å². The molecule has 4 rings (SSSR count). The number of rotatable bonds is 8. The zero-order chi connectivity index (χ0) is 26.0. The Morgan fingerprint density at radius 2 is 1.92 bits per heavy atom. The molecule has 0 spiro atoms. The number of nitrogens with zero attached hydrogens (tertiary/aromatic N) is 3. The lowest BCUT2D eigenvalue weighted by molar-refractivity contribution is -0.124. The van der Waals surface area contributed by atoms with Crippen molar-refractivity contribution in [3.63, 3.8) is 0 Å². The fourth-order valence-corrected chi connectivity index (χ4v) is 4.58. The van der Waals surface area contributed by atoms with Gasteiger partial charge in [-0.2, -0.15) is 0 Å². The van der Waals surface area contributed by atoms with Crippen LogP contribution in [0.15, 0.2) is 27.8 Å². The van der Waals surface area contributed by atoms with E-state index in [2.05, 4.69) is 4.98 Å². The minimum absolute atomic E-state index is 0.00481. The molecule has 11 heteroatoms. The first-order chi connectivity index (χ1) is 17.2. The van der Waals surface area contributed by atoms with Gasteiger partial charge in [0.2, 0.25) is 11.8 Å². The summed E-state index contributed by atoms with van der Waals surface area (Å²) in [6, 6.07) is 5.24. The van der Waals surface area contributed by atoms with E-state index in [1.165, 1.54) is 9.47 Å². The lowest BCUT2D eigenvalue weighted by Gasteiger charge is -2.28. The van der Waals surface area contributed by atoms with Gasteiger partial charge in [-0.05, 0) is 24.5 Å². The highest BCUT2D eigenvalue weighted by Crippen LogP contribution is 2.36. The van der Waals surface area contributed by atoms with Crippen molar-refractivity contribution in [3.8, 4) is 11.5 Å². The topological polar surface area (TPSA) is 140 Å². The summed E-state index contributed by atoms with van der Waals surface area (Å²) in [5, 5.41) is 0. The summed E-state index contributed by atoms with van der Waals surface area (Å²) in [6.45, 7) is 7.39. The van der Waals surface area contributed by atoms with Crippen molar-refractivity contribution < 1.29 is 19.1 Å². The number of benzene rings is 1. The van der Waals surface area contributed by atoms with E-state index in [-0.39, 0.29) is 48.7 Å². The minimum atomic E-state index is -0.715. The molecule has 1 fully saturated rings. The lowest BCUT2D eigenvalue weighted by Crippen LogP contribution is -2.45. The van der Waals surface area contributed by atoms with Crippen LogP contribution >= 0.6 is 0 Å². The highest BCUT2D eigenvalue weighted by atomic mass is 16.6. The highest BCUT2D eigenvalue weighted by Gasteiger charge is 2.39. The van der Waals surface area contributed by atoms with Crippen LogP contribution in [-0.2, 0) is 16.1 Å². The van der Waals surface area contributed by atoms with Crippen LogP contribution in [0.2, 0.25) is 0 Å². The van der Waals surface area contributed by atoms with E-state index >= 15 is 0 Å². The van der Waals surface area contributed by atoms with E-state index in [1.807, 2.05) is 20.8 Å². The summed E-state index contributed by atoms with van der Waals surface area (Å²) < 4.78 is 12.5. The van der Waals surface area contributed by atoms with Gasteiger partial charge in [0.15, 0.2) is 17.2 Å². The van der Waals surface area contributed by atoms with Crippen LogP contribution in [0.4, 0.5) is 17.2 Å². The number of hydrogen-bond acceptors (Lipinski definition) is 7. The van der Waals surface area contributed by atoms with Crippen molar-refractivity contribution in [2.75, 3.05) is 41.8 Å². The molecular formula is C25H33N5O6. The smallest absolute Gasteiger partial charge is 0.330 e. The number of nitrogens with two attached hydrogens (primary N) is 1. The molecule has 1 aromatic carbocycles. The van der Waals surface area contributed by atoms with Crippen LogP contribution in [0, 0.1) is 11.8 Å². The molecule has 0 saturated carbocycles. The number of nitrogens with one attached hydrogen (secondary N) is 1. The van der Waals surface area contributed by atoms with Crippen LogP contribution in [0.25, 0.3) is 0 Å². The van der Waals surface area contributed by atoms with Crippen molar-refractivity contribution in [1.29, 1.82) is 0 Å². The second-order valence-corrected chi connectivity index (χ2v) is 9.57. The monoisotopic (exact) mass is 499 g/mol. The Balaban J connectivity index is 1.64. The van der Waals surface area contributed by atoms with E-state index < -0.39 is 17.2 Å². The van der Waals surface area contributed by atoms with E-state index in [0.717, 1.165) is 6.42 Å². The van der Waals surface area contributed by atoms with Crippen molar-refractivity contribution in [3.05, 3.63) is 39.0 Å². The Kier molecular flexibility index (Phi) is 7.37. The van der Waals surface area contributed by atoms with Crippen molar-refractivity contribution >= 4 is 29.0 Å². The first-order valence-electron chi connectivity index (χ1n) is 12.3. The molecule has 2 amide bonds. The number of fused-ring (bicyclic) bond motifs is 1. The standard InChI is InChI=1S/C25H33N5O6/c1-4-5-8-28-22(26)21(23(32)27-25(28)34)30(13-15(2)3)24(33)16-11-20(31)29(14-16)17-6-7-18-19(12-17)36-10-9-35-18/h6-7,12,15-16H,4-5,8-11,13-14,26H2,1-3H3,(H,27,32,34)/t16-/m0/s1. The molecule has 2 aliphatic heterocycles. The van der Waals surface area contributed by atoms with Crippen LogP contribution in [0.1, 0.15) is 40.0 Å². The van der Waals surface area contributed by atoms with Crippen molar-refractivity contribution in [2.45, 2.75) is 46.6 Å². The fourth-order valence-electron chi connectivity index (χ4n) is 4.58. The number of amides is 2. The van der Waals surface area contributed by atoms with Gasteiger partial charge in [-0.25, -0.2) is 4.79 Å². The Morgan fingerprint density at radius 1 is 1.19 bits per heavy atom. The maximum absolute atomic E-state index is 13.8. The molecule has 11 nitrogen and oxygen atoms in total. The van der Waals surface area contributed by atoms with E-state index in [1.54, 1.807) is 23.1 Å². The zero-order valence-corrected chi connectivity index (χ0v) is 20.9. The summed E-state index contributed by atoms with van der Waals surface area (Å²) >= 11 is 0. The second kappa shape index (κ2) is 10.5. The molecule has 1 aromatic heterocycles. The molecule has 3 N–H and O–H groups in total. The number of nitrogen functional groups attached to an aromatic ring is 1. The molecule has 3 heterocycles. The zero-order valence-electron chi connectivity index (χ0n) is 20.9. The first-order valence-corrected chi connectivity index (χ1v) is 12.3. The average molecular weight is 500 g/mol. The predicted molar refractivity (Wildman–Crippen MR) is 136 cm³/mol. The molecule has 1 atom stereocenters. The molecule has 0 unspecified atom stereocenters. The number of hydrogen-bond donors (Lipinski definition) is 2. The van der Waals surface area contributed by atoms with Crippen LogP contribution in [0.5, 0.6) is 11.5 Å². The van der Waals surface area contributed by atoms with Gasteiger partial charge in [-0.3, -0.25) is 23.9 Å². The largest absolute Gasteiger partial charge is 0.486 e. The second-order valence-electron chi connectivity index (χ2n) is 9.57. The summed E-state index contributed by atoms with van der Waals surface area (Å²) in [5.74, 6) is -0.135. The van der Waals surface area contributed by atoms with Gasteiger partial charge in [0.1, 0.15) is 19.0 Å². The maximum atomic E-state index is 13.8. The van der Waals surface area contributed by atoms with Crippen molar-refractivity contribution in [1.82, 2.24) is 9.55 Å². The third kappa shape index (κ3) is 4.95. The molecule has 36 heavy (non-hydrogen) atoms. The van der Waals surface area contributed by atoms with Gasteiger partial charge in [0, 0.05) is 37.8 Å². The Labute approximate surface area is 208 Å². The SMILES string of the molecule is CCCCn1c(N)c(N(CC(C)C)C(=O)[C@H]2CC(=O)N(c3ccc4c(c3)OCCO4)C2)c(=O)[nH]c1=O. The number of aromatic nitrogens is 2. The normalized spacial score (nSPS) is 17.1. The number of unbranched alkanes of at least 4 members (excludes halogenated alkanes) is 1. The number of aromatic amines is 1. The van der Waals surface area contributed by atoms with Gasteiger partial charge >= 0.3 is 5.69 Å². The molecule has 0 radical (unpaired) electrons. The van der Waals surface area contributed by atoms with Gasteiger partial charge in [-0.15, -0.1) is 0 Å². The Morgan fingerprint density at radius 3 is 2.61 bits per heavy atom. The molecule has 2 aliphatic rings. The van der Waals surface area contributed by atoms with Gasteiger partial charge < -0.3 is 25.0 Å². The quantitative estimate of drug-likeness (QED) is 0.564. The molecule has 1 saturated heterocycles. The van der Waals surface area contributed by atoms with E-state index in [9.17, 15) is 19.2 Å². The third-order valence-corrected chi connectivity index (χ3v) is 6.34. The summed E-state index contributed by atoms with van der Waals surface area (Å²) in [7, 11) is 0. The number of anilines is 3. The van der Waals surface area contributed by atoms with Crippen LogP contribution in [-0.4, -0.2) is 47.7 Å². The summed E-state index contributed by atoms with van der Waals surface area (Å²) in [6.07, 6.45) is 1.51. The van der Waals surface area contributed by atoms with Crippen LogP contribution in [0.3, 0.4) is 0 Å². The number of carbonyl (C=O) groups is 2. The first kappa shape index (κ1) is 25.3.